The third kappa shape index (κ3) is 2.52. The monoisotopic (exact) mass is 281 g/mol. The van der Waals surface area contributed by atoms with E-state index in [2.05, 4.69) is 36.5 Å². The van der Waals surface area contributed by atoms with Gasteiger partial charge >= 0.3 is 0 Å². The number of furan rings is 1. The van der Waals surface area contributed by atoms with Crippen molar-refractivity contribution >= 4 is 11.0 Å². The van der Waals surface area contributed by atoms with Crippen LogP contribution in [0.15, 0.2) is 52.9 Å². The molecule has 1 aromatic heterocycles. The van der Waals surface area contributed by atoms with Crippen LogP contribution in [0.25, 0.3) is 11.0 Å². The van der Waals surface area contributed by atoms with Crippen LogP contribution in [0, 0.1) is 6.92 Å². The topological polar surface area (TPSA) is 34.4 Å². The van der Waals surface area contributed by atoms with Crippen molar-refractivity contribution in [3.63, 3.8) is 0 Å². The molecule has 0 spiro atoms. The first-order chi connectivity index (χ1) is 10.2. The number of benzene rings is 2. The van der Waals surface area contributed by atoms with Gasteiger partial charge in [-0.2, -0.15) is 0 Å². The second kappa shape index (κ2) is 5.62. The number of para-hydroxylation sites is 1. The first-order valence-corrected chi connectivity index (χ1v) is 7.03. The fourth-order valence-corrected chi connectivity index (χ4v) is 2.65. The zero-order chi connectivity index (χ0) is 14.8. The van der Waals surface area contributed by atoms with Crippen LogP contribution in [0.5, 0.6) is 5.75 Å². The van der Waals surface area contributed by atoms with E-state index in [9.17, 15) is 0 Å². The lowest BCUT2D eigenvalue weighted by molar-refractivity contribution is 0.399. The third-order valence-corrected chi connectivity index (χ3v) is 3.72. The lowest BCUT2D eigenvalue weighted by atomic mass is 10.0. The molecule has 3 aromatic rings. The standard InChI is InChI=1S/C18H19NO2/c1-12-8-9-14(16(10-12)20-3)18(19-2)17-11-13-6-4-5-7-15(13)21-17/h4-11,18-19H,1-3H3. The van der Waals surface area contributed by atoms with Crippen molar-refractivity contribution in [3.05, 3.63) is 65.4 Å². The minimum absolute atomic E-state index is 0.0343. The van der Waals surface area contributed by atoms with E-state index in [1.165, 1.54) is 5.56 Å². The van der Waals surface area contributed by atoms with Crippen LogP contribution >= 0.6 is 0 Å². The van der Waals surface area contributed by atoms with Crippen molar-refractivity contribution in [2.75, 3.05) is 14.2 Å². The highest BCUT2D eigenvalue weighted by Crippen LogP contribution is 2.33. The van der Waals surface area contributed by atoms with Crippen molar-refractivity contribution in [2.24, 2.45) is 0 Å². The van der Waals surface area contributed by atoms with E-state index in [4.69, 9.17) is 9.15 Å². The minimum atomic E-state index is -0.0343. The van der Waals surface area contributed by atoms with E-state index >= 15 is 0 Å². The Morgan fingerprint density at radius 3 is 2.62 bits per heavy atom. The van der Waals surface area contributed by atoms with Gasteiger partial charge in [-0.3, -0.25) is 0 Å². The molecule has 0 aliphatic heterocycles. The predicted octanol–water partition coefficient (Wildman–Crippen LogP) is 4.06. The second-order valence-corrected chi connectivity index (χ2v) is 5.15. The Hall–Kier alpha value is -2.26. The summed E-state index contributed by atoms with van der Waals surface area (Å²) in [4.78, 5) is 0. The Balaban J connectivity index is 2.09. The summed E-state index contributed by atoms with van der Waals surface area (Å²) < 4.78 is 11.5. The summed E-state index contributed by atoms with van der Waals surface area (Å²) >= 11 is 0. The van der Waals surface area contributed by atoms with Gasteiger partial charge in [0.15, 0.2) is 0 Å². The highest BCUT2D eigenvalue weighted by Gasteiger charge is 2.20. The quantitative estimate of drug-likeness (QED) is 0.783. The molecule has 0 saturated carbocycles. The van der Waals surface area contributed by atoms with E-state index in [1.807, 2.05) is 31.3 Å². The highest BCUT2D eigenvalue weighted by atomic mass is 16.5. The number of nitrogens with one attached hydrogen (secondary N) is 1. The van der Waals surface area contributed by atoms with Gasteiger partial charge in [-0.05, 0) is 37.7 Å². The van der Waals surface area contributed by atoms with Crippen LogP contribution in [0.4, 0.5) is 0 Å². The average molecular weight is 281 g/mol. The molecule has 1 heterocycles. The van der Waals surface area contributed by atoms with Crippen LogP contribution in [-0.4, -0.2) is 14.2 Å². The molecule has 1 N–H and O–H groups in total. The lowest BCUT2D eigenvalue weighted by Crippen LogP contribution is -2.17. The van der Waals surface area contributed by atoms with E-state index in [-0.39, 0.29) is 6.04 Å². The first-order valence-electron chi connectivity index (χ1n) is 7.03. The predicted molar refractivity (Wildman–Crippen MR) is 84.8 cm³/mol. The summed E-state index contributed by atoms with van der Waals surface area (Å²) in [5.41, 5.74) is 3.15. The number of ether oxygens (including phenoxy) is 1. The van der Waals surface area contributed by atoms with Gasteiger partial charge in [-0.15, -0.1) is 0 Å². The molecule has 0 aliphatic rings. The fraction of sp³-hybridized carbons (Fsp3) is 0.222. The van der Waals surface area contributed by atoms with Crippen molar-refractivity contribution in [3.8, 4) is 5.75 Å². The van der Waals surface area contributed by atoms with Crippen molar-refractivity contribution in [1.82, 2.24) is 5.32 Å². The Kier molecular flexibility index (Phi) is 3.67. The smallest absolute Gasteiger partial charge is 0.134 e. The van der Waals surface area contributed by atoms with Crippen LogP contribution in [-0.2, 0) is 0 Å². The van der Waals surface area contributed by atoms with Gasteiger partial charge in [0, 0.05) is 10.9 Å². The van der Waals surface area contributed by atoms with Gasteiger partial charge in [0.1, 0.15) is 17.1 Å². The van der Waals surface area contributed by atoms with E-state index in [0.29, 0.717) is 0 Å². The minimum Gasteiger partial charge on any atom is -0.496 e. The molecule has 0 amide bonds. The lowest BCUT2D eigenvalue weighted by Gasteiger charge is -2.17. The second-order valence-electron chi connectivity index (χ2n) is 5.15. The summed E-state index contributed by atoms with van der Waals surface area (Å²) in [5.74, 6) is 1.76. The molecule has 0 fully saturated rings. The SMILES string of the molecule is CNC(c1cc2ccccc2o1)c1ccc(C)cc1OC. The summed E-state index contributed by atoms with van der Waals surface area (Å²) in [6, 6.07) is 16.3. The number of rotatable bonds is 4. The zero-order valence-corrected chi connectivity index (χ0v) is 12.5. The van der Waals surface area contributed by atoms with Gasteiger partial charge in [-0.1, -0.05) is 30.3 Å². The maximum atomic E-state index is 5.99. The molecule has 108 valence electrons. The van der Waals surface area contributed by atoms with Crippen LogP contribution in [0.1, 0.15) is 22.9 Å². The summed E-state index contributed by atoms with van der Waals surface area (Å²) in [6.07, 6.45) is 0. The maximum Gasteiger partial charge on any atom is 0.134 e. The van der Waals surface area contributed by atoms with E-state index in [1.54, 1.807) is 7.11 Å². The van der Waals surface area contributed by atoms with Crippen molar-refractivity contribution in [2.45, 2.75) is 13.0 Å². The number of fused-ring (bicyclic) bond motifs is 1. The Labute approximate surface area is 124 Å². The van der Waals surface area contributed by atoms with E-state index < -0.39 is 0 Å². The van der Waals surface area contributed by atoms with Gasteiger partial charge in [0.25, 0.3) is 0 Å². The van der Waals surface area contributed by atoms with Crippen LogP contribution in [0.3, 0.4) is 0 Å². The molecule has 1 unspecified atom stereocenters. The summed E-state index contributed by atoms with van der Waals surface area (Å²) in [7, 11) is 3.63. The summed E-state index contributed by atoms with van der Waals surface area (Å²) in [5, 5.41) is 4.43. The molecule has 3 rings (SSSR count). The average Bonchev–Trinajstić information content (AvgIpc) is 2.92. The fourth-order valence-electron chi connectivity index (χ4n) is 2.65. The molecule has 0 bridgehead atoms. The number of aryl methyl sites for hydroxylation is 1. The molecule has 3 heteroatoms. The molecule has 0 aliphatic carbocycles. The van der Waals surface area contributed by atoms with Gasteiger partial charge < -0.3 is 14.5 Å². The molecule has 0 radical (unpaired) electrons. The number of hydrogen-bond donors (Lipinski definition) is 1. The first kappa shape index (κ1) is 13.7. The van der Waals surface area contributed by atoms with Gasteiger partial charge in [0.2, 0.25) is 0 Å². The van der Waals surface area contributed by atoms with Gasteiger partial charge in [-0.25, -0.2) is 0 Å². The molecule has 2 aromatic carbocycles. The number of methoxy groups -OCH3 is 1. The van der Waals surface area contributed by atoms with Crippen molar-refractivity contribution in [1.29, 1.82) is 0 Å². The van der Waals surface area contributed by atoms with Gasteiger partial charge in [0.05, 0.1) is 13.2 Å². The maximum absolute atomic E-state index is 5.99. The largest absolute Gasteiger partial charge is 0.496 e. The molecule has 1 atom stereocenters. The molecular formula is C18H19NO2. The molecule has 0 saturated heterocycles. The normalized spacial score (nSPS) is 12.5. The summed E-state index contributed by atoms with van der Waals surface area (Å²) in [6.45, 7) is 2.06. The highest BCUT2D eigenvalue weighted by molar-refractivity contribution is 5.78. The Morgan fingerprint density at radius 1 is 1.10 bits per heavy atom. The van der Waals surface area contributed by atoms with E-state index in [0.717, 1.165) is 28.0 Å². The van der Waals surface area contributed by atoms with Crippen LogP contribution in [0.2, 0.25) is 0 Å². The zero-order valence-electron chi connectivity index (χ0n) is 12.5. The molecule has 21 heavy (non-hydrogen) atoms. The molecule has 3 nitrogen and oxygen atoms in total. The third-order valence-electron chi connectivity index (χ3n) is 3.72. The Bertz CT molecular complexity index is 728. The van der Waals surface area contributed by atoms with Crippen molar-refractivity contribution < 1.29 is 9.15 Å². The van der Waals surface area contributed by atoms with Crippen LogP contribution < -0.4 is 10.1 Å². The Morgan fingerprint density at radius 2 is 1.90 bits per heavy atom. The number of hydrogen-bond acceptors (Lipinski definition) is 3. The molecular weight excluding hydrogens is 262 g/mol.